The summed E-state index contributed by atoms with van der Waals surface area (Å²) in [5.74, 6) is -1.43. The zero-order valence-corrected chi connectivity index (χ0v) is 13.4. The van der Waals surface area contributed by atoms with Crippen molar-refractivity contribution in [3.63, 3.8) is 0 Å². The Bertz CT molecular complexity index is 1190. The second kappa shape index (κ2) is 5.76. The molecule has 138 valence electrons. The van der Waals surface area contributed by atoms with Crippen molar-refractivity contribution in [2.24, 2.45) is 5.73 Å². The van der Waals surface area contributed by atoms with Crippen molar-refractivity contribution in [3.05, 3.63) is 48.3 Å². The number of imidazole rings is 1. The molecule has 0 aliphatic carbocycles. The molecule has 0 aliphatic rings. The molecule has 0 spiro atoms. The van der Waals surface area contributed by atoms with E-state index in [0.717, 1.165) is 12.3 Å². The number of hydrogen-bond acceptors (Lipinski definition) is 4. The molecule has 0 unspecified atom stereocenters. The average Bonchev–Trinajstić information content (AvgIpc) is 3.14. The third kappa shape index (κ3) is 2.96. The largest absolute Gasteiger partial charge is 0.408 e. The molecule has 0 fully saturated rings. The van der Waals surface area contributed by atoms with Crippen molar-refractivity contribution >= 4 is 22.5 Å². The van der Waals surface area contributed by atoms with Gasteiger partial charge in [0.15, 0.2) is 0 Å². The molecule has 11 heteroatoms. The number of primary amides is 1. The average molecular weight is 378 g/mol. The van der Waals surface area contributed by atoms with E-state index in [1.807, 2.05) is 0 Å². The molecule has 4 rings (SSSR count). The van der Waals surface area contributed by atoms with Gasteiger partial charge < -0.3 is 5.73 Å². The maximum atomic E-state index is 13.6. The maximum Gasteiger partial charge on any atom is 0.408 e. The van der Waals surface area contributed by atoms with E-state index in [1.54, 1.807) is 0 Å². The molecule has 0 radical (unpaired) electrons. The summed E-state index contributed by atoms with van der Waals surface area (Å²) < 4.78 is 54.5. The SMILES string of the molecule is NC(=O)c1cc2c(cn1)c(-c1cnc3ccc(F)cn13)nn2CC(F)(F)F. The number of carbonyl (C=O) groups is 1. The lowest BCUT2D eigenvalue weighted by atomic mass is 10.2. The minimum Gasteiger partial charge on any atom is -0.364 e. The zero-order valence-electron chi connectivity index (χ0n) is 13.4. The Kier molecular flexibility index (Phi) is 3.61. The standard InChI is InChI=1S/C16H10F4N6O/c17-8-1-2-13-23-5-12(25(13)6-8)14-9-4-22-10(15(21)27)3-11(9)26(24-14)7-16(18,19)20/h1-6H,7H2,(H2,21,27). The molecular weight excluding hydrogens is 368 g/mol. The van der Waals surface area contributed by atoms with E-state index in [1.165, 1.54) is 28.9 Å². The van der Waals surface area contributed by atoms with Crippen LogP contribution in [0.4, 0.5) is 17.6 Å². The number of amides is 1. The van der Waals surface area contributed by atoms with Crippen LogP contribution in [0.15, 0.2) is 36.8 Å². The molecule has 7 nitrogen and oxygen atoms in total. The summed E-state index contributed by atoms with van der Waals surface area (Å²) in [7, 11) is 0. The van der Waals surface area contributed by atoms with E-state index in [2.05, 4.69) is 15.1 Å². The summed E-state index contributed by atoms with van der Waals surface area (Å²) in [5.41, 5.74) is 5.80. The summed E-state index contributed by atoms with van der Waals surface area (Å²) >= 11 is 0. The number of aromatic nitrogens is 5. The Morgan fingerprint density at radius 2 is 1.96 bits per heavy atom. The summed E-state index contributed by atoms with van der Waals surface area (Å²) in [4.78, 5) is 19.3. The fraction of sp³-hybridized carbons (Fsp3) is 0.125. The Hall–Kier alpha value is -3.50. The first-order chi connectivity index (χ1) is 12.7. The molecule has 4 heterocycles. The molecule has 0 bridgehead atoms. The van der Waals surface area contributed by atoms with Crippen molar-refractivity contribution in [1.29, 1.82) is 0 Å². The van der Waals surface area contributed by atoms with Gasteiger partial charge in [-0.05, 0) is 18.2 Å². The highest BCUT2D eigenvalue weighted by atomic mass is 19.4. The number of halogens is 4. The molecule has 0 atom stereocenters. The second-order valence-electron chi connectivity index (χ2n) is 5.79. The number of alkyl halides is 3. The molecular formula is C16H10F4N6O. The van der Waals surface area contributed by atoms with Crippen LogP contribution in [-0.2, 0) is 6.54 Å². The lowest BCUT2D eigenvalue weighted by Crippen LogP contribution is -2.19. The topological polar surface area (TPSA) is 91.1 Å². The van der Waals surface area contributed by atoms with Crippen molar-refractivity contribution in [1.82, 2.24) is 24.1 Å². The van der Waals surface area contributed by atoms with Gasteiger partial charge in [-0.15, -0.1) is 0 Å². The van der Waals surface area contributed by atoms with E-state index in [9.17, 15) is 22.4 Å². The fourth-order valence-electron chi connectivity index (χ4n) is 2.81. The van der Waals surface area contributed by atoms with Gasteiger partial charge >= 0.3 is 6.18 Å². The molecule has 27 heavy (non-hydrogen) atoms. The van der Waals surface area contributed by atoms with Crippen LogP contribution in [0.25, 0.3) is 27.9 Å². The third-order valence-electron chi connectivity index (χ3n) is 3.93. The first kappa shape index (κ1) is 16.9. The Morgan fingerprint density at radius 1 is 1.19 bits per heavy atom. The lowest BCUT2D eigenvalue weighted by molar-refractivity contribution is -0.141. The highest BCUT2D eigenvalue weighted by Gasteiger charge is 2.30. The van der Waals surface area contributed by atoms with Gasteiger partial charge in [0, 0.05) is 17.8 Å². The quantitative estimate of drug-likeness (QED) is 0.555. The molecule has 1 amide bonds. The van der Waals surface area contributed by atoms with Crippen LogP contribution in [0.1, 0.15) is 10.5 Å². The van der Waals surface area contributed by atoms with E-state index in [-0.39, 0.29) is 28.0 Å². The van der Waals surface area contributed by atoms with Gasteiger partial charge in [-0.3, -0.25) is 18.9 Å². The van der Waals surface area contributed by atoms with Gasteiger partial charge in [0.25, 0.3) is 5.91 Å². The van der Waals surface area contributed by atoms with Gasteiger partial charge in [-0.2, -0.15) is 18.3 Å². The Labute approximate surface area is 148 Å². The highest BCUT2D eigenvalue weighted by molar-refractivity contribution is 5.98. The van der Waals surface area contributed by atoms with Crippen LogP contribution in [-0.4, -0.2) is 36.2 Å². The predicted octanol–water partition coefficient (Wildman–Crippen LogP) is 2.55. The number of hydrogen-bond donors (Lipinski definition) is 1. The lowest BCUT2D eigenvalue weighted by Gasteiger charge is -2.07. The van der Waals surface area contributed by atoms with Crippen molar-refractivity contribution in [2.75, 3.05) is 0 Å². The summed E-state index contributed by atoms with van der Waals surface area (Å²) in [6.07, 6.45) is -0.810. The van der Waals surface area contributed by atoms with E-state index < -0.39 is 24.4 Å². The van der Waals surface area contributed by atoms with Crippen LogP contribution >= 0.6 is 0 Å². The predicted molar refractivity (Wildman–Crippen MR) is 86.2 cm³/mol. The number of pyridine rings is 2. The first-order valence-electron chi connectivity index (χ1n) is 7.59. The number of fused-ring (bicyclic) bond motifs is 2. The number of nitrogens with two attached hydrogens (primary N) is 1. The second-order valence-corrected chi connectivity index (χ2v) is 5.79. The van der Waals surface area contributed by atoms with Crippen molar-refractivity contribution < 1.29 is 22.4 Å². The monoisotopic (exact) mass is 378 g/mol. The van der Waals surface area contributed by atoms with Gasteiger partial charge in [0.2, 0.25) is 0 Å². The summed E-state index contributed by atoms with van der Waals surface area (Å²) in [5, 5.41) is 4.26. The van der Waals surface area contributed by atoms with Gasteiger partial charge in [-0.25, -0.2) is 9.37 Å². The molecule has 4 aromatic rings. The molecule has 2 N–H and O–H groups in total. The molecule has 4 aromatic heterocycles. The van der Waals surface area contributed by atoms with Crippen LogP contribution in [0.3, 0.4) is 0 Å². The Balaban J connectivity index is 2.00. The van der Waals surface area contributed by atoms with E-state index in [4.69, 9.17) is 5.73 Å². The smallest absolute Gasteiger partial charge is 0.364 e. The maximum absolute atomic E-state index is 13.6. The highest BCUT2D eigenvalue weighted by Crippen LogP contribution is 2.30. The van der Waals surface area contributed by atoms with Crippen molar-refractivity contribution in [2.45, 2.75) is 12.7 Å². The molecule has 0 aromatic carbocycles. The number of carbonyl (C=O) groups excluding carboxylic acids is 1. The van der Waals surface area contributed by atoms with E-state index >= 15 is 0 Å². The van der Waals surface area contributed by atoms with Crippen LogP contribution in [0, 0.1) is 5.82 Å². The van der Waals surface area contributed by atoms with Crippen LogP contribution in [0.5, 0.6) is 0 Å². The minimum atomic E-state index is -4.54. The van der Waals surface area contributed by atoms with Gasteiger partial charge in [0.05, 0.1) is 17.4 Å². The fourth-order valence-corrected chi connectivity index (χ4v) is 2.81. The zero-order chi connectivity index (χ0) is 19.3. The Morgan fingerprint density at radius 3 is 2.67 bits per heavy atom. The molecule has 0 saturated heterocycles. The molecule has 0 aliphatic heterocycles. The first-order valence-corrected chi connectivity index (χ1v) is 7.59. The van der Waals surface area contributed by atoms with Crippen molar-refractivity contribution in [3.8, 4) is 11.4 Å². The minimum absolute atomic E-state index is 0.0254. The number of nitrogens with zero attached hydrogens (tertiary/aromatic N) is 5. The van der Waals surface area contributed by atoms with E-state index in [0.29, 0.717) is 10.3 Å². The summed E-state index contributed by atoms with van der Waals surface area (Å²) in [6, 6.07) is 3.79. The van der Waals surface area contributed by atoms with Crippen LogP contribution < -0.4 is 5.73 Å². The number of rotatable bonds is 3. The van der Waals surface area contributed by atoms with Crippen LogP contribution in [0.2, 0.25) is 0 Å². The third-order valence-corrected chi connectivity index (χ3v) is 3.93. The molecule has 0 saturated carbocycles. The normalized spacial score (nSPS) is 12.1. The van der Waals surface area contributed by atoms with Gasteiger partial charge in [0.1, 0.15) is 29.4 Å². The summed E-state index contributed by atoms with van der Waals surface area (Å²) in [6.45, 7) is -1.38. The van der Waals surface area contributed by atoms with Gasteiger partial charge in [-0.1, -0.05) is 0 Å².